The fourth-order valence-electron chi connectivity index (χ4n) is 4.25. The quantitative estimate of drug-likeness (QED) is 0.663. The van der Waals surface area contributed by atoms with Crippen LogP contribution in [0.15, 0.2) is 91.0 Å². The van der Waals surface area contributed by atoms with Crippen molar-refractivity contribution in [3.63, 3.8) is 0 Å². The minimum atomic E-state index is -0.843. The van der Waals surface area contributed by atoms with Crippen molar-refractivity contribution in [1.82, 2.24) is 0 Å². The topological polar surface area (TPSA) is 44.0 Å². The van der Waals surface area contributed by atoms with Crippen LogP contribution in [-0.2, 0) is 6.42 Å². The third kappa shape index (κ3) is 3.38. The van der Waals surface area contributed by atoms with Crippen molar-refractivity contribution in [1.29, 1.82) is 5.26 Å². The highest BCUT2D eigenvalue weighted by Crippen LogP contribution is 2.48. The zero-order valence-electron chi connectivity index (χ0n) is 15.8. The first-order chi connectivity index (χ1) is 13.7. The van der Waals surface area contributed by atoms with Crippen molar-refractivity contribution >= 4 is 11.1 Å². The van der Waals surface area contributed by atoms with Gasteiger partial charge in [0.25, 0.3) is 0 Å². The molecule has 138 valence electrons. The van der Waals surface area contributed by atoms with Crippen LogP contribution < -0.4 is 0 Å². The molecule has 0 unspecified atom stereocenters. The predicted octanol–water partition coefficient (Wildman–Crippen LogP) is 5.50. The van der Waals surface area contributed by atoms with E-state index in [1.807, 2.05) is 78.9 Å². The molecule has 3 aromatic rings. The molecule has 0 heterocycles. The molecular formula is C26H23NO. The summed E-state index contributed by atoms with van der Waals surface area (Å²) in [5.41, 5.74) is 4.38. The molecule has 0 bridgehead atoms. The Morgan fingerprint density at radius 2 is 1.36 bits per heavy atom. The van der Waals surface area contributed by atoms with Crippen LogP contribution in [0.1, 0.15) is 29.5 Å². The number of nitrogens with zero attached hydrogens (tertiary/aromatic N) is 1. The Morgan fingerprint density at radius 1 is 0.821 bits per heavy atom. The second kappa shape index (κ2) is 7.84. The van der Waals surface area contributed by atoms with Gasteiger partial charge in [0.15, 0.2) is 0 Å². The normalized spacial score (nSPS) is 21.9. The van der Waals surface area contributed by atoms with Crippen LogP contribution in [0.4, 0.5) is 0 Å². The van der Waals surface area contributed by atoms with E-state index in [2.05, 4.69) is 18.2 Å². The maximum Gasteiger partial charge on any atom is 0.0988 e. The fraction of sp³-hybridized carbons (Fsp3) is 0.192. The average Bonchev–Trinajstić information content (AvgIpc) is 2.77. The molecule has 1 aliphatic rings. The summed E-state index contributed by atoms with van der Waals surface area (Å²) in [4.78, 5) is 0. The van der Waals surface area contributed by atoms with Crippen LogP contribution in [-0.4, -0.2) is 11.2 Å². The van der Waals surface area contributed by atoms with E-state index in [4.69, 9.17) is 0 Å². The molecule has 0 fully saturated rings. The first-order valence-electron chi connectivity index (χ1n) is 9.71. The van der Waals surface area contributed by atoms with Gasteiger partial charge in [0.2, 0.25) is 0 Å². The van der Waals surface area contributed by atoms with Gasteiger partial charge in [-0.1, -0.05) is 91.0 Å². The third-order valence-corrected chi connectivity index (χ3v) is 5.74. The van der Waals surface area contributed by atoms with Crippen molar-refractivity contribution in [2.45, 2.75) is 25.4 Å². The van der Waals surface area contributed by atoms with Gasteiger partial charge in [-0.2, -0.15) is 5.26 Å². The smallest absolute Gasteiger partial charge is 0.0988 e. The van der Waals surface area contributed by atoms with E-state index in [9.17, 15) is 10.4 Å². The molecule has 0 spiro atoms. The number of hydrogen-bond donors (Lipinski definition) is 1. The molecule has 0 amide bonds. The van der Waals surface area contributed by atoms with E-state index in [0.717, 1.165) is 34.3 Å². The summed E-state index contributed by atoms with van der Waals surface area (Å²) in [7, 11) is 0. The van der Waals surface area contributed by atoms with Gasteiger partial charge in [0.1, 0.15) is 0 Å². The van der Waals surface area contributed by atoms with E-state index in [-0.39, 0.29) is 0 Å². The Morgan fingerprint density at radius 3 is 1.93 bits per heavy atom. The number of aliphatic hydroxyl groups is 1. The Labute approximate surface area is 166 Å². The Hall–Kier alpha value is -3.15. The Bertz CT molecular complexity index is 1000. The highest BCUT2D eigenvalue weighted by Gasteiger charge is 2.44. The number of aliphatic hydroxyl groups excluding tert-OH is 1. The molecule has 0 saturated heterocycles. The van der Waals surface area contributed by atoms with Crippen molar-refractivity contribution in [2.75, 3.05) is 0 Å². The standard InChI is InChI=1S/C26H23NO/c27-19-26(18-20-10-4-1-5-11-20)17-16-23(21-12-6-2-7-13-21)24(25(26)28)22-14-8-3-9-15-22/h1-15,25,28H,16-18H2/t25-,26+/m0/s1. The monoisotopic (exact) mass is 365 g/mol. The minimum Gasteiger partial charge on any atom is -0.387 e. The summed E-state index contributed by atoms with van der Waals surface area (Å²) in [6, 6.07) is 32.7. The van der Waals surface area contributed by atoms with Crippen molar-refractivity contribution in [3.8, 4) is 6.07 Å². The van der Waals surface area contributed by atoms with E-state index in [1.165, 1.54) is 0 Å². The number of benzene rings is 3. The molecule has 28 heavy (non-hydrogen) atoms. The first kappa shape index (κ1) is 18.2. The van der Waals surface area contributed by atoms with Gasteiger partial charge in [0, 0.05) is 0 Å². The van der Waals surface area contributed by atoms with Crippen LogP contribution in [0.25, 0.3) is 11.1 Å². The average molecular weight is 365 g/mol. The van der Waals surface area contributed by atoms with E-state index in [1.54, 1.807) is 0 Å². The van der Waals surface area contributed by atoms with Gasteiger partial charge in [0.05, 0.1) is 17.6 Å². The number of nitriles is 1. The largest absolute Gasteiger partial charge is 0.387 e. The van der Waals surface area contributed by atoms with Crippen molar-refractivity contribution in [3.05, 3.63) is 108 Å². The van der Waals surface area contributed by atoms with Crippen LogP contribution in [0.3, 0.4) is 0 Å². The summed E-state index contributed by atoms with van der Waals surface area (Å²) in [5.74, 6) is 0. The van der Waals surface area contributed by atoms with Gasteiger partial charge in [-0.25, -0.2) is 0 Å². The number of rotatable bonds is 4. The van der Waals surface area contributed by atoms with E-state index < -0.39 is 11.5 Å². The fourth-order valence-corrected chi connectivity index (χ4v) is 4.25. The van der Waals surface area contributed by atoms with Gasteiger partial charge < -0.3 is 5.11 Å². The van der Waals surface area contributed by atoms with Crippen LogP contribution in [0.2, 0.25) is 0 Å². The van der Waals surface area contributed by atoms with E-state index in [0.29, 0.717) is 12.8 Å². The van der Waals surface area contributed by atoms with Crippen LogP contribution in [0, 0.1) is 16.7 Å². The second-order valence-electron chi connectivity index (χ2n) is 7.46. The summed E-state index contributed by atoms with van der Waals surface area (Å²) in [6.45, 7) is 0. The van der Waals surface area contributed by atoms with E-state index >= 15 is 0 Å². The van der Waals surface area contributed by atoms with Gasteiger partial charge in [-0.15, -0.1) is 0 Å². The van der Waals surface area contributed by atoms with Crippen molar-refractivity contribution in [2.24, 2.45) is 5.41 Å². The van der Waals surface area contributed by atoms with Gasteiger partial charge in [-0.05, 0) is 47.1 Å². The highest BCUT2D eigenvalue weighted by atomic mass is 16.3. The summed E-state index contributed by atoms with van der Waals surface area (Å²) < 4.78 is 0. The molecule has 0 aliphatic heterocycles. The molecule has 2 heteroatoms. The Kier molecular flexibility index (Phi) is 5.10. The number of hydrogen-bond acceptors (Lipinski definition) is 2. The Balaban J connectivity index is 1.84. The summed E-state index contributed by atoms with van der Waals surface area (Å²) >= 11 is 0. The lowest BCUT2D eigenvalue weighted by Gasteiger charge is -2.39. The maximum atomic E-state index is 11.5. The van der Waals surface area contributed by atoms with Crippen LogP contribution >= 0.6 is 0 Å². The maximum absolute atomic E-state index is 11.5. The lowest BCUT2D eigenvalue weighted by Crippen LogP contribution is -2.40. The first-order valence-corrected chi connectivity index (χ1v) is 9.71. The van der Waals surface area contributed by atoms with Crippen molar-refractivity contribution < 1.29 is 5.11 Å². The third-order valence-electron chi connectivity index (χ3n) is 5.74. The minimum absolute atomic E-state index is 0.546. The summed E-state index contributed by atoms with van der Waals surface area (Å²) in [5, 5.41) is 21.7. The molecule has 2 atom stereocenters. The SMILES string of the molecule is N#C[C@]1(Cc2ccccc2)CCC(c2ccccc2)=C(c2ccccc2)[C@@H]1O. The lowest BCUT2D eigenvalue weighted by molar-refractivity contribution is 0.102. The molecule has 2 nitrogen and oxygen atoms in total. The second-order valence-corrected chi connectivity index (χ2v) is 7.46. The zero-order chi connectivity index (χ0) is 19.4. The summed E-state index contributed by atoms with van der Waals surface area (Å²) in [6.07, 6.45) is 1.11. The molecule has 1 N–H and O–H groups in total. The molecule has 4 rings (SSSR count). The lowest BCUT2D eigenvalue weighted by atomic mass is 9.65. The molecular weight excluding hydrogens is 342 g/mol. The molecule has 1 aliphatic carbocycles. The molecule has 0 aromatic heterocycles. The highest BCUT2D eigenvalue weighted by molar-refractivity contribution is 5.94. The van der Waals surface area contributed by atoms with Gasteiger partial charge in [-0.3, -0.25) is 0 Å². The molecule has 0 radical (unpaired) electrons. The molecule has 0 saturated carbocycles. The number of allylic oxidation sites excluding steroid dienone is 1. The molecule has 3 aromatic carbocycles. The van der Waals surface area contributed by atoms with Crippen LogP contribution in [0.5, 0.6) is 0 Å². The zero-order valence-corrected chi connectivity index (χ0v) is 15.8. The van der Waals surface area contributed by atoms with Gasteiger partial charge >= 0.3 is 0 Å². The predicted molar refractivity (Wildman–Crippen MR) is 113 cm³/mol.